The number of aliphatic hydroxyl groups is 1. The van der Waals surface area contributed by atoms with Crippen molar-refractivity contribution in [3.63, 3.8) is 0 Å². The zero-order valence-corrected chi connectivity index (χ0v) is 18.3. The Morgan fingerprint density at radius 3 is 2.56 bits per heavy atom. The van der Waals surface area contributed by atoms with Gasteiger partial charge in [0.15, 0.2) is 0 Å². The fraction of sp³-hybridized carbons (Fsp3) is 0.160. The summed E-state index contributed by atoms with van der Waals surface area (Å²) in [5.74, 6) is -0.442. The van der Waals surface area contributed by atoms with Gasteiger partial charge in [0.05, 0.1) is 36.8 Å². The number of hydrogen-bond donors (Lipinski definition) is 1. The standard InChI is InChI=1S/C25H21F2N5O2/c1-34-23-9-5-2-6-18(23)24-30-21-7-3-4-8-22(21)32(24)14-25(33,13-31-16-28-15-29-31)19-11-10-17(26)12-20(19)27/h2-12,15-16,33H,13-14H2,1H3. The molecule has 1 unspecified atom stereocenters. The van der Waals surface area contributed by atoms with Crippen molar-refractivity contribution in [1.82, 2.24) is 24.3 Å². The summed E-state index contributed by atoms with van der Waals surface area (Å²) >= 11 is 0. The molecule has 34 heavy (non-hydrogen) atoms. The molecular weight excluding hydrogens is 440 g/mol. The smallest absolute Gasteiger partial charge is 0.144 e. The highest BCUT2D eigenvalue weighted by Gasteiger charge is 2.36. The number of aromatic nitrogens is 5. The lowest BCUT2D eigenvalue weighted by molar-refractivity contribution is -0.00411. The summed E-state index contributed by atoms with van der Waals surface area (Å²) in [6.07, 6.45) is 2.76. The summed E-state index contributed by atoms with van der Waals surface area (Å²) in [7, 11) is 1.57. The molecule has 0 bridgehead atoms. The van der Waals surface area contributed by atoms with E-state index in [4.69, 9.17) is 9.72 Å². The molecule has 172 valence electrons. The van der Waals surface area contributed by atoms with Gasteiger partial charge in [0, 0.05) is 11.6 Å². The Bertz CT molecular complexity index is 1450. The van der Waals surface area contributed by atoms with Crippen molar-refractivity contribution < 1.29 is 18.6 Å². The molecule has 0 amide bonds. The largest absolute Gasteiger partial charge is 0.496 e. The molecule has 0 saturated carbocycles. The Balaban J connectivity index is 1.71. The fourth-order valence-corrected chi connectivity index (χ4v) is 4.20. The first-order chi connectivity index (χ1) is 16.5. The molecule has 7 nitrogen and oxygen atoms in total. The number of rotatable bonds is 7. The van der Waals surface area contributed by atoms with Gasteiger partial charge in [-0.15, -0.1) is 0 Å². The molecule has 0 fully saturated rings. The minimum atomic E-state index is -1.81. The molecule has 5 rings (SSSR count). The minimum absolute atomic E-state index is 0.0619. The van der Waals surface area contributed by atoms with Crippen LogP contribution in [0.1, 0.15) is 5.56 Å². The molecule has 0 radical (unpaired) electrons. The van der Waals surface area contributed by atoms with Crippen molar-refractivity contribution in [1.29, 1.82) is 0 Å². The second kappa shape index (κ2) is 8.68. The van der Waals surface area contributed by atoms with E-state index in [1.54, 1.807) is 7.11 Å². The predicted octanol–water partition coefficient (Wildman–Crippen LogP) is 4.17. The lowest BCUT2D eigenvalue weighted by Crippen LogP contribution is -2.37. The van der Waals surface area contributed by atoms with Gasteiger partial charge < -0.3 is 14.4 Å². The molecule has 1 atom stereocenters. The lowest BCUT2D eigenvalue weighted by atomic mass is 9.92. The van der Waals surface area contributed by atoms with E-state index >= 15 is 0 Å². The Morgan fingerprint density at radius 1 is 1.00 bits per heavy atom. The summed E-state index contributed by atoms with van der Waals surface area (Å²) < 4.78 is 37.4. The first-order valence-electron chi connectivity index (χ1n) is 10.6. The minimum Gasteiger partial charge on any atom is -0.496 e. The lowest BCUT2D eigenvalue weighted by Gasteiger charge is -2.30. The number of hydrogen-bond acceptors (Lipinski definition) is 5. The molecule has 0 aliphatic carbocycles. The van der Waals surface area contributed by atoms with Gasteiger partial charge in [0.1, 0.15) is 41.5 Å². The van der Waals surface area contributed by atoms with Gasteiger partial charge in [0.25, 0.3) is 0 Å². The number of fused-ring (bicyclic) bond motifs is 1. The van der Waals surface area contributed by atoms with Crippen LogP contribution >= 0.6 is 0 Å². The molecule has 0 saturated heterocycles. The average molecular weight is 461 g/mol. The predicted molar refractivity (Wildman–Crippen MR) is 122 cm³/mol. The van der Waals surface area contributed by atoms with Crippen LogP contribution in [0, 0.1) is 11.6 Å². The highest BCUT2D eigenvalue weighted by atomic mass is 19.1. The van der Waals surface area contributed by atoms with Crippen LogP contribution in [0.2, 0.25) is 0 Å². The van der Waals surface area contributed by atoms with E-state index in [1.165, 1.54) is 23.4 Å². The maximum atomic E-state index is 15.0. The van der Waals surface area contributed by atoms with Crippen molar-refractivity contribution in [3.05, 3.63) is 96.6 Å². The molecule has 0 spiro atoms. The van der Waals surface area contributed by atoms with E-state index in [2.05, 4.69) is 10.1 Å². The second-order valence-corrected chi connectivity index (χ2v) is 7.96. The van der Waals surface area contributed by atoms with E-state index in [0.717, 1.165) is 17.6 Å². The van der Waals surface area contributed by atoms with Gasteiger partial charge in [-0.05, 0) is 30.3 Å². The van der Waals surface area contributed by atoms with Crippen LogP contribution in [0.4, 0.5) is 8.78 Å². The first kappa shape index (κ1) is 21.7. The fourth-order valence-electron chi connectivity index (χ4n) is 4.20. The summed E-state index contributed by atoms with van der Waals surface area (Å²) in [4.78, 5) is 8.71. The molecule has 0 aliphatic rings. The summed E-state index contributed by atoms with van der Waals surface area (Å²) in [6, 6.07) is 18.0. The maximum absolute atomic E-state index is 15.0. The van der Waals surface area contributed by atoms with Gasteiger partial charge in [-0.3, -0.25) is 0 Å². The van der Waals surface area contributed by atoms with E-state index in [-0.39, 0.29) is 18.7 Å². The van der Waals surface area contributed by atoms with Crippen molar-refractivity contribution in [2.24, 2.45) is 0 Å². The van der Waals surface area contributed by atoms with Crippen molar-refractivity contribution >= 4 is 11.0 Å². The Hall–Kier alpha value is -4.11. The Morgan fingerprint density at radius 2 is 1.79 bits per heavy atom. The van der Waals surface area contributed by atoms with E-state index in [0.29, 0.717) is 22.7 Å². The Labute approximate surface area is 193 Å². The molecule has 2 aromatic heterocycles. The number of ether oxygens (including phenoxy) is 1. The van der Waals surface area contributed by atoms with Crippen molar-refractivity contribution in [2.75, 3.05) is 7.11 Å². The molecule has 0 aliphatic heterocycles. The third-order valence-electron chi connectivity index (χ3n) is 5.74. The zero-order valence-electron chi connectivity index (χ0n) is 18.3. The van der Waals surface area contributed by atoms with Crippen LogP contribution in [0.3, 0.4) is 0 Å². The molecule has 2 heterocycles. The second-order valence-electron chi connectivity index (χ2n) is 7.96. The summed E-state index contributed by atoms with van der Waals surface area (Å²) in [5.41, 5.74) is 0.275. The highest BCUT2D eigenvalue weighted by Crippen LogP contribution is 2.36. The first-order valence-corrected chi connectivity index (χ1v) is 10.6. The van der Waals surface area contributed by atoms with E-state index in [1.807, 2.05) is 53.1 Å². The molecule has 5 aromatic rings. The van der Waals surface area contributed by atoms with Crippen LogP contribution in [0.15, 0.2) is 79.4 Å². The number of para-hydroxylation sites is 3. The van der Waals surface area contributed by atoms with Crippen LogP contribution < -0.4 is 4.74 Å². The number of methoxy groups -OCH3 is 1. The normalized spacial score (nSPS) is 13.2. The quantitative estimate of drug-likeness (QED) is 0.394. The SMILES string of the molecule is COc1ccccc1-c1nc2ccccc2n1CC(O)(Cn1cncn1)c1ccc(F)cc1F. The third kappa shape index (κ3) is 3.90. The van der Waals surface area contributed by atoms with Crippen LogP contribution in [-0.2, 0) is 18.7 Å². The molecular formula is C25H21F2N5O2. The highest BCUT2D eigenvalue weighted by molar-refractivity contribution is 5.82. The third-order valence-corrected chi connectivity index (χ3v) is 5.74. The van der Waals surface area contributed by atoms with Crippen molar-refractivity contribution in [2.45, 2.75) is 18.7 Å². The number of imidazole rings is 1. The van der Waals surface area contributed by atoms with E-state index in [9.17, 15) is 13.9 Å². The van der Waals surface area contributed by atoms with Crippen LogP contribution in [-0.4, -0.2) is 36.5 Å². The van der Waals surface area contributed by atoms with Gasteiger partial charge in [-0.2, -0.15) is 5.10 Å². The summed E-state index contributed by atoms with van der Waals surface area (Å²) in [5, 5.41) is 16.0. The number of benzene rings is 3. The molecule has 9 heteroatoms. The topological polar surface area (TPSA) is 78.0 Å². The van der Waals surface area contributed by atoms with Gasteiger partial charge in [-0.1, -0.05) is 30.3 Å². The Kier molecular flexibility index (Phi) is 5.54. The van der Waals surface area contributed by atoms with Crippen LogP contribution in [0.25, 0.3) is 22.4 Å². The maximum Gasteiger partial charge on any atom is 0.144 e. The van der Waals surface area contributed by atoms with E-state index < -0.39 is 17.2 Å². The van der Waals surface area contributed by atoms with Gasteiger partial charge >= 0.3 is 0 Å². The number of nitrogens with zero attached hydrogens (tertiary/aromatic N) is 5. The molecule has 1 N–H and O–H groups in total. The number of halogens is 2. The van der Waals surface area contributed by atoms with Crippen molar-refractivity contribution in [3.8, 4) is 17.1 Å². The van der Waals surface area contributed by atoms with Crippen LogP contribution in [0.5, 0.6) is 5.75 Å². The monoisotopic (exact) mass is 461 g/mol. The average Bonchev–Trinajstić information content (AvgIpc) is 3.47. The van der Waals surface area contributed by atoms with Gasteiger partial charge in [-0.25, -0.2) is 23.4 Å². The summed E-state index contributed by atoms with van der Waals surface area (Å²) in [6.45, 7) is -0.212. The zero-order chi connectivity index (χ0) is 23.7. The molecule has 3 aromatic carbocycles. The van der Waals surface area contributed by atoms with Gasteiger partial charge in [0.2, 0.25) is 0 Å².